The number of benzene rings is 2. The fourth-order valence-electron chi connectivity index (χ4n) is 1.90. The average molecular weight is 321 g/mol. The second-order valence-electron chi connectivity index (χ2n) is 4.56. The standard InChI is InChI=1S/C16H14ClFN2O2/c1-19-15(21)11-7-5-10(6-8-11)9-20-16(22)14-12(17)3-2-4-13(14)18/h2-8H,9H2,1H3,(H,19,21)(H,20,22). The molecule has 2 aromatic carbocycles. The van der Waals surface area contributed by atoms with Crippen molar-refractivity contribution in [3.8, 4) is 0 Å². The Morgan fingerprint density at radius 2 is 1.77 bits per heavy atom. The van der Waals surface area contributed by atoms with Crippen LogP contribution < -0.4 is 10.6 Å². The molecule has 0 saturated carbocycles. The van der Waals surface area contributed by atoms with Crippen LogP contribution in [-0.4, -0.2) is 18.9 Å². The van der Waals surface area contributed by atoms with E-state index in [0.29, 0.717) is 5.56 Å². The number of nitrogens with one attached hydrogen (secondary N) is 2. The summed E-state index contributed by atoms with van der Waals surface area (Å²) < 4.78 is 13.6. The number of hydrogen-bond donors (Lipinski definition) is 2. The van der Waals surface area contributed by atoms with Gasteiger partial charge in [-0.3, -0.25) is 9.59 Å². The lowest BCUT2D eigenvalue weighted by Gasteiger charge is -2.08. The molecule has 0 atom stereocenters. The first-order valence-corrected chi connectivity index (χ1v) is 6.94. The molecule has 4 nitrogen and oxygen atoms in total. The van der Waals surface area contributed by atoms with Crippen LogP contribution in [0.15, 0.2) is 42.5 Å². The molecule has 0 radical (unpaired) electrons. The lowest BCUT2D eigenvalue weighted by atomic mass is 10.1. The second-order valence-corrected chi connectivity index (χ2v) is 4.96. The molecule has 2 amide bonds. The largest absolute Gasteiger partial charge is 0.355 e. The van der Waals surface area contributed by atoms with Crippen LogP contribution in [0, 0.1) is 5.82 Å². The molecule has 0 fully saturated rings. The van der Waals surface area contributed by atoms with Gasteiger partial charge in [-0.2, -0.15) is 0 Å². The Labute approximate surface area is 132 Å². The minimum atomic E-state index is -0.667. The summed E-state index contributed by atoms with van der Waals surface area (Å²) in [6.07, 6.45) is 0. The zero-order valence-corrected chi connectivity index (χ0v) is 12.6. The van der Waals surface area contributed by atoms with Gasteiger partial charge in [0.25, 0.3) is 11.8 Å². The molecule has 0 aliphatic rings. The summed E-state index contributed by atoms with van der Waals surface area (Å²) in [5, 5.41) is 5.18. The van der Waals surface area contributed by atoms with Crippen LogP contribution in [0.3, 0.4) is 0 Å². The fraction of sp³-hybridized carbons (Fsp3) is 0.125. The lowest BCUT2D eigenvalue weighted by Crippen LogP contribution is -2.24. The molecule has 6 heteroatoms. The van der Waals surface area contributed by atoms with Gasteiger partial charge in [0.1, 0.15) is 5.82 Å². The van der Waals surface area contributed by atoms with E-state index < -0.39 is 11.7 Å². The minimum Gasteiger partial charge on any atom is -0.355 e. The van der Waals surface area contributed by atoms with Crippen molar-refractivity contribution < 1.29 is 14.0 Å². The molecule has 0 bridgehead atoms. The van der Waals surface area contributed by atoms with Gasteiger partial charge in [-0.25, -0.2) is 4.39 Å². The van der Waals surface area contributed by atoms with E-state index in [0.717, 1.165) is 5.56 Å². The van der Waals surface area contributed by atoms with Gasteiger partial charge in [0.05, 0.1) is 10.6 Å². The molecule has 2 aromatic rings. The highest BCUT2D eigenvalue weighted by Gasteiger charge is 2.15. The molecule has 2 rings (SSSR count). The van der Waals surface area contributed by atoms with Crippen LogP contribution >= 0.6 is 11.6 Å². The number of amides is 2. The molecule has 0 heterocycles. The third-order valence-electron chi connectivity index (χ3n) is 3.09. The van der Waals surface area contributed by atoms with Crippen molar-refractivity contribution in [3.05, 3.63) is 70.0 Å². The SMILES string of the molecule is CNC(=O)c1ccc(CNC(=O)c2c(F)cccc2Cl)cc1. The quantitative estimate of drug-likeness (QED) is 0.910. The third kappa shape index (κ3) is 3.62. The average Bonchev–Trinajstić information content (AvgIpc) is 2.52. The van der Waals surface area contributed by atoms with Crippen LogP contribution in [-0.2, 0) is 6.54 Å². The summed E-state index contributed by atoms with van der Waals surface area (Å²) in [4.78, 5) is 23.4. The van der Waals surface area contributed by atoms with Gasteiger partial charge in [0.2, 0.25) is 0 Å². The Kier molecular flexibility index (Phi) is 5.12. The van der Waals surface area contributed by atoms with Crippen molar-refractivity contribution >= 4 is 23.4 Å². The molecule has 0 aliphatic carbocycles. The molecule has 0 saturated heterocycles. The monoisotopic (exact) mass is 320 g/mol. The van der Waals surface area contributed by atoms with Crippen LogP contribution in [0.5, 0.6) is 0 Å². The number of carbonyl (C=O) groups is 2. The van der Waals surface area contributed by atoms with Crippen molar-refractivity contribution in [1.82, 2.24) is 10.6 Å². The number of hydrogen-bond acceptors (Lipinski definition) is 2. The summed E-state index contributed by atoms with van der Waals surface area (Å²) in [6.45, 7) is 0.206. The van der Waals surface area contributed by atoms with E-state index >= 15 is 0 Å². The van der Waals surface area contributed by atoms with E-state index in [1.54, 1.807) is 31.3 Å². The normalized spacial score (nSPS) is 10.1. The molecule has 22 heavy (non-hydrogen) atoms. The Bertz CT molecular complexity index is 682. The van der Waals surface area contributed by atoms with E-state index in [-0.39, 0.29) is 23.0 Å². The smallest absolute Gasteiger partial charge is 0.256 e. The summed E-state index contributed by atoms with van der Waals surface area (Å²) >= 11 is 5.83. The van der Waals surface area contributed by atoms with Crippen molar-refractivity contribution in [1.29, 1.82) is 0 Å². The van der Waals surface area contributed by atoms with Gasteiger partial charge in [-0.1, -0.05) is 29.8 Å². The maximum absolute atomic E-state index is 13.6. The minimum absolute atomic E-state index is 0.0625. The first-order chi connectivity index (χ1) is 10.5. The molecule has 0 aliphatic heterocycles. The fourth-order valence-corrected chi connectivity index (χ4v) is 2.15. The Morgan fingerprint density at radius 1 is 1.09 bits per heavy atom. The highest BCUT2D eigenvalue weighted by atomic mass is 35.5. The highest BCUT2D eigenvalue weighted by molar-refractivity contribution is 6.33. The Morgan fingerprint density at radius 3 is 2.36 bits per heavy atom. The predicted octanol–water partition coefficient (Wildman–Crippen LogP) is 2.77. The van der Waals surface area contributed by atoms with Crippen LogP contribution in [0.4, 0.5) is 4.39 Å². The highest BCUT2D eigenvalue weighted by Crippen LogP contribution is 2.18. The van der Waals surface area contributed by atoms with Crippen molar-refractivity contribution in [3.63, 3.8) is 0 Å². The van der Waals surface area contributed by atoms with Crippen LogP contribution in [0.25, 0.3) is 0 Å². The maximum Gasteiger partial charge on any atom is 0.256 e. The van der Waals surface area contributed by atoms with Crippen molar-refractivity contribution in [2.75, 3.05) is 7.05 Å². The van der Waals surface area contributed by atoms with Gasteiger partial charge in [-0.15, -0.1) is 0 Å². The van der Waals surface area contributed by atoms with Crippen molar-refractivity contribution in [2.45, 2.75) is 6.54 Å². The molecule has 2 N–H and O–H groups in total. The number of carbonyl (C=O) groups excluding carboxylic acids is 2. The summed E-state index contributed by atoms with van der Waals surface area (Å²) in [5.74, 6) is -1.44. The third-order valence-corrected chi connectivity index (χ3v) is 3.40. The lowest BCUT2D eigenvalue weighted by molar-refractivity contribution is 0.0942. The topological polar surface area (TPSA) is 58.2 Å². The first kappa shape index (κ1) is 16.0. The van der Waals surface area contributed by atoms with Crippen LogP contribution in [0.1, 0.15) is 26.3 Å². The zero-order chi connectivity index (χ0) is 16.1. The molecular weight excluding hydrogens is 307 g/mol. The molecule has 114 valence electrons. The first-order valence-electron chi connectivity index (χ1n) is 6.56. The van der Waals surface area contributed by atoms with E-state index in [4.69, 9.17) is 11.6 Å². The number of halogens is 2. The van der Waals surface area contributed by atoms with Gasteiger partial charge in [-0.05, 0) is 29.8 Å². The summed E-state index contributed by atoms with van der Waals surface area (Å²) in [6, 6.07) is 10.8. The molecular formula is C16H14ClFN2O2. The van der Waals surface area contributed by atoms with Gasteiger partial charge in [0, 0.05) is 19.2 Å². The zero-order valence-electron chi connectivity index (χ0n) is 11.8. The van der Waals surface area contributed by atoms with E-state index in [1.165, 1.54) is 18.2 Å². The van der Waals surface area contributed by atoms with Gasteiger partial charge < -0.3 is 10.6 Å². The van der Waals surface area contributed by atoms with E-state index in [2.05, 4.69) is 10.6 Å². The molecule has 0 spiro atoms. The van der Waals surface area contributed by atoms with E-state index in [1.807, 2.05) is 0 Å². The Hall–Kier alpha value is -2.40. The van der Waals surface area contributed by atoms with Crippen molar-refractivity contribution in [2.24, 2.45) is 0 Å². The second kappa shape index (κ2) is 7.04. The maximum atomic E-state index is 13.6. The van der Waals surface area contributed by atoms with Gasteiger partial charge >= 0.3 is 0 Å². The summed E-state index contributed by atoms with van der Waals surface area (Å²) in [7, 11) is 1.55. The molecule has 0 aromatic heterocycles. The Balaban J connectivity index is 2.04. The van der Waals surface area contributed by atoms with E-state index in [9.17, 15) is 14.0 Å². The molecule has 0 unspecified atom stereocenters. The summed E-state index contributed by atoms with van der Waals surface area (Å²) in [5.41, 5.74) is 1.13. The predicted molar refractivity (Wildman–Crippen MR) is 82.4 cm³/mol. The van der Waals surface area contributed by atoms with Crippen LogP contribution in [0.2, 0.25) is 5.02 Å². The number of rotatable bonds is 4. The van der Waals surface area contributed by atoms with Gasteiger partial charge in [0.15, 0.2) is 0 Å².